The molecule has 1 unspecified atom stereocenters. The molecule has 1 atom stereocenters. The molecule has 2 amide bonds. The number of carbonyl (C=O) groups excluding carboxylic acids is 2. The van der Waals surface area contributed by atoms with E-state index < -0.39 is 0 Å². The molecule has 1 aliphatic heterocycles. The van der Waals surface area contributed by atoms with Crippen molar-refractivity contribution in [3.8, 4) is 0 Å². The van der Waals surface area contributed by atoms with E-state index in [1.165, 1.54) is 0 Å². The van der Waals surface area contributed by atoms with Crippen molar-refractivity contribution in [1.29, 1.82) is 0 Å². The fraction of sp³-hybridized carbons (Fsp3) is 0.619. The van der Waals surface area contributed by atoms with Gasteiger partial charge in [0, 0.05) is 25.1 Å². The fourth-order valence-corrected chi connectivity index (χ4v) is 3.49. The predicted molar refractivity (Wildman–Crippen MR) is 113 cm³/mol. The van der Waals surface area contributed by atoms with Gasteiger partial charge in [0.15, 0.2) is 0 Å². The van der Waals surface area contributed by atoms with Crippen molar-refractivity contribution in [3.05, 3.63) is 29.8 Å². The van der Waals surface area contributed by atoms with Gasteiger partial charge in [-0.25, -0.2) is 0 Å². The molecule has 1 heterocycles. The van der Waals surface area contributed by atoms with Crippen LogP contribution in [0.25, 0.3) is 0 Å². The lowest BCUT2D eigenvalue weighted by Crippen LogP contribution is -2.33. The minimum atomic E-state index is 0. The molecule has 1 aromatic rings. The van der Waals surface area contributed by atoms with Crippen molar-refractivity contribution >= 4 is 29.9 Å². The van der Waals surface area contributed by atoms with Gasteiger partial charge in [0.2, 0.25) is 11.8 Å². The van der Waals surface area contributed by atoms with Crippen LogP contribution in [0.15, 0.2) is 24.3 Å². The van der Waals surface area contributed by atoms with Crippen molar-refractivity contribution in [1.82, 2.24) is 10.6 Å². The molecule has 152 valence electrons. The number of halogens is 1. The summed E-state index contributed by atoms with van der Waals surface area (Å²) in [6.07, 6.45) is 3.41. The monoisotopic (exact) mass is 395 g/mol. The normalized spacial score (nSPS) is 15.7. The van der Waals surface area contributed by atoms with Crippen LogP contribution in [0.2, 0.25) is 0 Å². The van der Waals surface area contributed by atoms with Gasteiger partial charge in [-0.2, -0.15) is 0 Å². The van der Waals surface area contributed by atoms with E-state index >= 15 is 0 Å². The summed E-state index contributed by atoms with van der Waals surface area (Å²) in [5.74, 6) is 1.52. The second kappa shape index (κ2) is 12.0. The first kappa shape index (κ1) is 23.4. The number of anilines is 1. The largest absolute Gasteiger partial charge is 0.352 e. The lowest BCUT2D eigenvalue weighted by Gasteiger charge is -2.27. The van der Waals surface area contributed by atoms with E-state index in [1.807, 2.05) is 38.1 Å². The number of hydrogen-bond acceptors (Lipinski definition) is 3. The fourth-order valence-electron chi connectivity index (χ4n) is 3.49. The van der Waals surface area contributed by atoms with Crippen LogP contribution < -0.4 is 16.0 Å². The minimum absolute atomic E-state index is 0. The number of piperidine rings is 1. The molecular formula is C21H34ClN3O2. The van der Waals surface area contributed by atoms with Crippen LogP contribution in [0.4, 0.5) is 5.69 Å². The molecule has 0 aromatic heterocycles. The molecule has 2 rings (SSSR count). The maximum Gasteiger partial charge on any atom is 0.224 e. The molecular weight excluding hydrogens is 362 g/mol. The molecule has 0 radical (unpaired) electrons. The first-order chi connectivity index (χ1) is 12.4. The van der Waals surface area contributed by atoms with Crippen molar-refractivity contribution < 1.29 is 9.59 Å². The SMILES string of the molecule is CC(C)CC(=O)Nc1cccc(CNC(=O)CC(C)C2CCNCC2)c1.Cl. The van der Waals surface area contributed by atoms with Gasteiger partial charge < -0.3 is 16.0 Å². The Bertz CT molecular complexity index is 601. The van der Waals surface area contributed by atoms with Crippen LogP contribution >= 0.6 is 12.4 Å². The minimum Gasteiger partial charge on any atom is -0.352 e. The van der Waals surface area contributed by atoms with E-state index in [9.17, 15) is 9.59 Å². The molecule has 1 saturated heterocycles. The highest BCUT2D eigenvalue weighted by Crippen LogP contribution is 2.24. The Balaban J connectivity index is 0.00000364. The number of benzene rings is 1. The Morgan fingerprint density at radius 1 is 1.11 bits per heavy atom. The second-order valence-corrected chi connectivity index (χ2v) is 7.89. The molecule has 0 spiro atoms. The Morgan fingerprint density at radius 3 is 2.48 bits per heavy atom. The van der Waals surface area contributed by atoms with Gasteiger partial charge >= 0.3 is 0 Å². The lowest BCUT2D eigenvalue weighted by molar-refractivity contribution is -0.122. The van der Waals surface area contributed by atoms with Gasteiger partial charge in [0.25, 0.3) is 0 Å². The van der Waals surface area contributed by atoms with E-state index in [2.05, 4.69) is 22.9 Å². The zero-order valence-electron chi connectivity index (χ0n) is 16.7. The highest BCUT2D eigenvalue weighted by atomic mass is 35.5. The van der Waals surface area contributed by atoms with Crippen LogP contribution in [0, 0.1) is 17.8 Å². The van der Waals surface area contributed by atoms with E-state index in [-0.39, 0.29) is 24.2 Å². The summed E-state index contributed by atoms with van der Waals surface area (Å²) in [5, 5.41) is 9.30. The third-order valence-corrected chi connectivity index (χ3v) is 4.99. The van der Waals surface area contributed by atoms with Crippen molar-refractivity contribution in [2.24, 2.45) is 17.8 Å². The van der Waals surface area contributed by atoms with E-state index in [0.29, 0.717) is 37.1 Å². The number of amides is 2. The lowest BCUT2D eigenvalue weighted by atomic mass is 9.84. The summed E-state index contributed by atoms with van der Waals surface area (Å²) in [7, 11) is 0. The second-order valence-electron chi connectivity index (χ2n) is 7.89. The highest BCUT2D eigenvalue weighted by Gasteiger charge is 2.21. The van der Waals surface area contributed by atoms with Crippen molar-refractivity contribution in [2.75, 3.05) is 18.4 Å². The quantitative estimate of drug-likeness (QED) is 0.628. The van der Waals surface area contributed by atoms with E-state index in [1.54, 1.807) is 0 Å². The van der Waals surface area contributed by atoms with Crippen molar-refractivity contribution in [2.45, 2.75) is 53.0 Å². The van der Waals surface area contributed by atoms with Crippen LogP contribution in [0.1, 0.15) is 52.0 Å². The third-order valence-electron chi connectivity index (χ3n) is 4.99. The summed E-state index contributed by atoms with van der Waals surface area (Å²) in [6.45, 7) is 8.84. The van der Waals surface area contributed by atoms with Crippen LogP contribution in [0.3, 0.4) is 0 Å². The molecule has 5 nitrogen and oxygen atoms in total. The van der Waals surface area contributed by atoms with E-state index in [4.69, 9.17) is 0 Å². The zero-order valence-corrected chi connectivity index (χ0v) is 17.5. The maximum atomic E-state index is 12.3. The number of rotatable bonds is 8. The van der Waals surface area contributed by atoms with Crippen molar-refractivity contribution in [3.63, 3.8) is 0 Å². The zero-order chi connectivity index (χ0) is 18.9. The maximum absolute atomic E-state index is 12.3. The molecule has 0 saturated carbocycles. The summed E-state index contributed by atoms with van der Waals surface area (Å²) >= 11 is 0. The number of carbonyl (C=O) groups is 2. The molecule has 1 fully saturated rings. The van der Waals surface area contributed by atoms with Crippen LogP contribution in [-0.4, -0.2) is 24.9 Å². The van der Waals surface area contributed by atoms with Gasteiger partial charge in [-0.15, -0.1) is 12.4 Å². The Morgan fingerprint density at radius 2 is 1.81 bits per heavy atom. The molecule has 0 bridgehead atoms. The molecule has 0 aliphatic carbocycles. The first-order valence-electron chi connectivity index (χ1n) is 9.80. The summed E-state index contributed by atoms with van der Waals surface area (Å²) in [5.41, 5.74) is 1.78. The third kappa shape index (κ3) is 8.76. The average molecular weight is 396 g/mol. The standard InChI is InChI=1S/C21H33N3O2.ClH/c1-15(2)11-21(26)24-19-6-4-5-17(13-19)14-23-20(25)12-16(3)18-7-9-22-10-8-18;/h4-6,13,15-16,18,22H,7-12,14H2,1-3H3,(H,23,25)(H,24,26);1H. The van der Waals surface area contributed by atoms with Gasteiger partial charge in [0.1, 0.15) is 0 Å². The van der Waals surface area contributed by atoms with Gasteiger partial charge in [-0.1, -0.05) is 32.9 Å². The topological polar surface area (TPSA) is 70.2 Å². The Hall–Kier alpha value is -1.59. The van der Waals surface area contributed by atoms with Gasteiger partial charge in [0.05, 0.1) is 0 Å². The number of nitrogens with one attached hydrogen (secondary N) is 3. The molecule has 27 heavy (non-hydrogen) atoms. The summed E-state index contributed by atoms with van der Waals surface area (Å²) in [4.78, 5) is 24.1. The number of hydrogen-bond donors (Lipinski definition) is 3. The van der Waals surface area contributed by atoms with Gasteiger partial charge in [-0.3, -0.25) is 9.59 Å². The van der Waals surface area contributed by atoms with E-state index in [0.717, 1.165) is 37.2 Å². The smallest absolute Gasteiger partial charge is 0.224 e. The highest BCUT2D eigenvalue weighted by molar-refractivity contribution is 5.90. The summed E-state index contributed by atoms with van der Waals surface area (Å²) in [6, 6.07) is 7.68. The summed E-state index contributed by atoms with van der Waals surface area (Å²) < 4.78 is 0. The Kier molecular flexibility index (Phi) is 10.4. The predicted octanol–water partition coefficient (Wildman–Crippen LogP) is 3.74. The molecule has 3 N–H and O–H groups in total. The van der Waals surface area contributed by atoms with Crippen LogP contribution in [-0.2, 0) is 16.1 Å². The van der Waals surface area contributed by atoms with Crippen LogP contribution in [0.5, 0.6) is 0 Å². The first-order valence-corrected chi connectivity index (χ1v) is 9.80. The molecule has 6 heteroatoms. The van der Waals surface area contributed by atoms with Gasteiger partial charge in [-0.05, 0) is 61.4 Å². The molecule has 1 aliphatic rings. The molecule has 1 aromatic carbocycles. The average Bonchev–Trinajstić information content (AvgIpc) is 2.60. The Labute approximate surface area is 169 Å².